The molecule has 2 fully saturated rings. The summed E-state index contributed by atoms with van der Waals surface area (Å²) in [5.41, 5.74) is 1.87. The minimum Gasteiger partial charge on any atom is -0.872 e. The molecule has 1 amide bonds. The number of benzene rings is 3. The number of morpholine rings is 1. The molecule has 212 valence electrons. The molecule has 3 aliphatic rings. The van der Waals surface area contributed by atoms with Gasteiger partial charge in [0.25, 0.3) is 5.91 Å². The lowest BCUT2D eigenvalue weighted by molar-refractivity contribution is -0.907. The van der Waals surface area contributed by atoms with Gasteiger partial charge in [0.1, 0.15) is 38.7 Å². The fourth-order valence-electron chi connectivity index (χ4n) is 5.49. The average molecular weight is 557 g/mol. The number of hydrogen-bond acceptors (Lipinski definition) is 7. The van der Waals surface area contributed by atoms with Crippen molar-refractivity contribution in [2.75, 3.05) is 52.6 Å². The molecule has 2 saturated heterocycles. The zero-order valence-corrected chi connectivity index (χ0v) is 22.7. The first-order valence-electron chi connectivity index (χ1n) is 13.9. The lowest BCUT2D eigenvalue weighted by Crippen LogP contribution is -3.14. The van der Waals surface area contributed by atoms with E-state index in [1.807, 2.05) is 54.6 Å². The molecular weight excluding hydrogens is 524 g/mol. The maximum atomic E-state index is 13.9. The van der Waals surface area contributed by atoms with Gasteiger partial charge in [-0.25, -0.2) is 0 Å². The number of ether oxygens (including phenoxy) is 4. The number of quaternary nitrogens is 1. The van der Waals surface area contributed by atoms with Crippen LogP contribution in [-0.2, 0) is 20.9 Å². The highest BCUT2D eigenvalue weighted by molar-refractivity contribution is 6.46. The maximum Gasteiger partial charge on any atom is 0.295 e. The van der Waals surface area contributed by atoms with E-state index in [0.717, 1.165) is 18.7 Å². The fraction of sp³-hybridized carbons (Fsp3) is 0.312. The molecule has 3 aromatic carbocycles. The van der Waals surface area contributed by atoms with E-state index < -0.39 is 23.5 Å². The number of fused-ring (bicyclic) bond motifs is 1. The van der Waals surface area contributed by atoms with Crippen LogP contribution < -0.4 is 24.2 Å². The van der Waals surface area contributed by atoms with Crippen molar-refractivity contribution >= 4 is 17.4 Å². The van der Waals surface area contributed by atoms with Gasteiger partial charge in [-0.1, -0.05) is 54.3 Å². The van der Waals surface area contributed by atoms with Gasteiger partial charge in [-0.2, -0.15) is 0 Å². The Balaban J connectivity index is 1.35. The molecule has 6 rings (SSSR count). The summed E-state index contributed by atoms with van der Waals surface area (Å²) in [5.74, 6) is -0.367. The number of nitrogens with one attached hydrogen (secondary N) is 1. The fourth-order valence-corrected chi connectivity index (χ4v) is 5.49. The molecule has 9 heteroatoms. The standard InChI is InChI=1S/C32H32N2O7/c35-30(24-9-10-26-27(20-24)40-18-17-39-26)28-29(34(32(37)31(28)36)12-11-33-13-15-38-16-14-33)23-7-4-8-25(19-23)41-21-22-5-2-1-3-6-22/h1-10,19-20,29,35H,11-18,21H2/b30-28+. The number of Topliss-reactive ketones (excluding diaryl/α,β-unsaturated/α-hetero) is 1. The number of ketones is 1. The Morgan fingerprint density at radius 1 is 0.902 bits per heavy atom. The van der Waals surface area contributed by atoms with E-state index in [1.165, 1.54) is 9.80 Å². The summed E-state index contributed by atoms with van der Waals surface area (Å²) in [6.07, 6.45) is 0. The third kappa shape index (κ3) is 5.77. The Hall–Kier alpha value is -4.34. The highest BCUT2D eigenvalue weighted by Crippen LogP contribution is 2.41. The van der Waals surface area contributed by atoms with Crippen LogP contribution in [0.15, 0.2) is 78.4 Å². The molecule has 1 N–H and O–H groups in total. The minimum atomic E-state index is -0.837. The molecule has 41 heavy (non-hydrogen) atoms. The van der Waals surface area contributed by atoms with E-state index >= 15 is 0 Å². The summed E-state index contributed by atoms with van der Waals surface area (Å²) >= 11 is 0. The van der Waals surface area contributed by atoms with Crippen LogP contribution >= 0.6 is 0 Å². The second-order valence-electron chi connectivity index (χ2n) is 10.3. The summed E-state index contributed by atoms with van der Waals surface area (Å²) in [7, 11) is 0. The van der Waals surface area contributed by atoms with E-state index in [2.05, 4.69) is 0 Å². The van der Waals surface area contributed by atoms with Crippen LogP contribution in [0.25, 0.3) is 5.76 Å². The molecule has 0 aliphatic carbocycles. The van der Waals surface area contributed by atoms with Gasteiger partial charge in [-0.15, -0.1) is 0 Å². The predicted octanol–water partition coefficient (Wildman–Crippen LogP) is 1.18. The van der Waals surface area contributed by atoms with Crippen LogP contribution in [-0.4, -0.2) is 69.2 Å². The summed E-state index contributed by atoms with van der Waals surface area (Å²) in [6, 6.07) is 21.1. The first kappa shape index (κ1) is 26.9. The number of nitrogens with zero attached hydrogens (tertiary/aromatic N) is 1. The van der Waals surface area contributed by atoms with Gasteiger partial charge in [0.2, 0.25) is 5.78 Å². The smallest absolute Gasteiger partial charge is 0.295 e. The van der Waals surface area contributed by atoms with Crippen LogP contribution in [0.1, 0.15) is 22.7 Å². The van der Waals surface area contributed by atoms with Gasteiger partial charge in [-0.05, 0) is 41.0 Å². The summed E-state index contributed by atoms with van der Waals surface area (Å²) in [6.45, 7) is 5.12. The first-order chi connectivity index (χ1) is 20.1. The van der Waals surface area contributed by atoms with Crippen molar-refractivity contribution < 1.29 is 38.5 Å². The second kappa shape index (κ2) is 12.0. The van der Waals surface area contributed by atoms with Gasteiger partial charge >= 0.3 is 0 Å². The SMILES string of the molecule is O=C1C(=O)N(CC[NH+]2CCOCC2)C(c2cccc(OCc3ccccc3)c2)/C1=C(\[O-])c1ccc2c(c1)OCCO2. The van der Waals surface area contributed by atoms with Crippen molar-refractivity contribution in [2.45, 2.75) is 12.6 Å². The molecule has 0 aromatic heterocycles. The van der Waals surface area contributed by atoms with E-state index in [0.29, 0.717) is 68.9 Å². The van der Waals surface area contributed by atoms with Gasteiger partial charge < -0.3 is 33.9 Å². The van der Waals surface area contributed by atoms with Gasteiger partial charge in [-0.3, -0.25) is 9.59 Å². The molecule has 3 heterocycles. The summed E-state index contributed by atoms with van der Waals surface area (Å²) < 4.78 is 22.8. The normalized spacial score (nSPS) is 20.3. The number of carbonyl (C=O) groups is 2. The summed E-state index contributed by atoms with van der Waals surface area (Å²) in [4.78, 5) is 29.7. The molecule has 3 aromatic rings. The number of hydrogen-bond donors (Lipinski definition) is 1. The van der Waals surface area contributed by atoms with E-state index in [4.69, 9.17) is 18.9 Å². The van der Waals surface area contributed by atoms with Gasteiger partial charge in [0.15, 0.2) is 11.5 Å². The third-order valence-electron chi connectivity index (χ3n) is 7.66. The third-order valence-corrected chi connectivity index (χ3v) is 7.66. The Morgan fingerprint density at radius 2 is 1.68 bits per heavy atom. The summed E-state index contributed by atoms with van der Waals surface area (Å²) in [5, 5.41) is 13.9. The van der Waals surface area contributed by atoms with Crippen LogP contribution in [0.5, 0.6) is 17.2 Å². The quantitative estimate of drug-likeness (QED) is 0.253. The van der Waals surface area contributed by atoms with Gasteiger partial charge in [0, 0.05) is 5.57 Å². The van der Waals surface area contributed by atoms with Crippen molar-refractivity contribution in [1.29, 1.82) is 0 Å². The minimum absolute atomic E-state index is 0.0659. The lowest BCUT2D eigenvalue weighted by atomic mass is 9.95. The Morgan fingerprint density at radius 3 is 2.49 bits per heavy atom. The number of amides is 1. The first-order valence-corrected chi connectivity index (χ1v) is 13.9. The van der Waals surface area contributed by atoms with Crippen molar-refractivity contribution in [3.63, 3.8) is 0 Å². The molecular formula is C32H32N2O7. The molecule has 0 radical (unpaired) electrons. The molecule has 3 aliphatic heterocycles. The van der Waals surface area contributed by atoms with E-state index in [9.17, 15) is 14.7 Å². The van der Waals surface area contributed by atoms with Crippen molar-refractivity contribution in [3.8, 4) is 17.2 Å². The second-order valence-corrected chi connectivity index (χ2v) is 10.3. The maximum absolute atomic E-state index is 13.9. The molecule has 0 saturated carbocycles. The molecule has 1 unspecified atom stereocenters. The molecule has 0 bridgehead atoms. The number of carbonyl (C=O) groups excluding carboxylic acids is 2. The van der Waals surface area contributed by atoms with Crippen molar-refractivity contribution in [3.05, 3.63) is 95.1 Å². The van der Waals surface area contributed by atoms with Crippen LogP contribution in [0.2, 0.25) is 0 Å². The molecule has 1 atom stereocenters. The Labute approximate surface area is 238 Å². The largest absolute Gasteiger partial charge is 0.872 e. The van der Waals surface area contributed by atoms with Crippen LogP contribution in [0, 0.1) is 0 Å². The predicted molar refractivity (Wildman–Crippen MR) is 147 cm³/mol. The van der Waals surface area contributed by atoms with Gasteiger partial charge in [0.05, 0.1) is 32.3 Å². The van der Waals surface area contributed by atoms with Crippen LogP contribution in [0.4, 0.5) is 0 Å². The Bertz CT molecular complexity index is 1450. The molecule has 0 spiro atoms. The zero-order chi connectivity index (χ0) is 28.2. The van der Waals surface area contributed by atoms with E-state index in [-0.39, 0.29) is 11.1 Å². The average Bonchev–Trinajstić information content (AvgIpc) is 3.28. The van der Waals surface area contributed by atoms with Crippen molar-refractivity contribution in [2.24, 2.45) is 0 Å². The monoisotopic (exact) mass is 556 g/mol. The van der Waals surface area contributed by atoms with Crippen LogP contribution in [0.3, 0.4) is 0 Å². The number of rotatable bonds is 8. The number of likely N-dealkylation sites (tertiary alicyclic amines) is 1. The van der Waals surface area contributed by atoms with Crippen molar-refractivity contribution in [1.82, 2.24) is 4.90 Å². The highest BCUT2D eigenvalue weighted by atomic mass is 16.6. The topological polar surface area (TPSA) is 102 Å². The lowest BCUT2D eigenvalue weighted by Gasteiger charge is -2.30. The zero-order valence-electron chi connectivity index (χ0n) is 22.7. The Kier molecular flexibility index (Phi) is 7.89. The highest BCUT2D eigenvalue weighted by Gasteiger charge is 2.44. The molecule has 9 nitrogen and oxygen atoms in total. The van der Waals surface area contributed by atoms with E-state index in [1.54, 1.807) is 18.2 Å².